The number of rotatable bonds is 8. The average molecular weight is 420 g/mol. The van der Waals surface area contributed by atoms with Crippen LogP contribution in [0, 0.1) is 5.92 Å². The third kappa shape index (κ3) is 6.88. The highest BCUT2D eigenvalue weighted by Gasteiger charge is 2.23. The van der Waals surface area contributed by atoms with Gasteiger partial charge in [-0.25, -0.2) is 4.79 Å². The Morgan fingerprint density at radius 2 is 1.83 bits per heavy atom. The van der Waals surface area contributed by atoms with E-state index < -0.39 is 12.0 Å². The number of methoxy groups -OCH3 is 1. The Kier molecular flexibility index (Phi) is 7.84. The Labute approximate surface area is 176 Å². The summed E-state index contributed by atoms with van der Waals surface area (Å²) in [6.45, 7) is 10.4. The van der Waals surface area contributed by atoms with Crippen molar-refractivity contribution in [3.05, 3.63) is 29.8 Å². The van der Waals surface area contributed by atoms with Gasteiger partial charge in [0.1, 0.15) is 6.04 Å². The van der Waals surface area contributed by atoms with Crippen LogP contribution in [0.25, 0.3) is 11.5 Å². The van der Waals surface area contributed by atoms with Crippen LogP contribution in [0.2, 0.25) is 0 Å². The molecule has 1 aromatic carbocycles. The summed E-state index contributed by atoms with van der Waals surface area (Å²) in [6, 6.07) is 7.32. The lowest BCUT2D eigenvalue weighted by atomic mass is 9.87. The van der Waals surface area contributed by atoms with Crippen LogP contribution >= 0.6 is 11.8 Å². The number of thioether (sulfide) groups is 1. The first-order valence-electron chi connectivity index (χ1n) is 9.54. The topological polar surface area (TPSA) is 94.3 Å². The molecule has 0 aliphatic rings. The summed E-state index contributed by atoms with van der Waals surface area (Å²) < 4.78 is 10.4. The molecule has 0 saturated carbocycles. The van der Waals surface area contributed by atoms with Gasteiger partial charge in [0.15, 0.2) is 0 Å². The lowest BCUT2D eigenvalue weighted by molar-refractivity contribution is -0.145. The molecule has 1 amide bonds. The van der Waals surface area contributed by atoms with Gasteiger partial charge in [-0.15, -0.1) is 10.2 Å². The zero-order valence-electron chi connectivity index (χ0n) is 17.8. The number of aromatic nitrogens is 2. The molecule has 0 spiro atoms. The third-order valence-corrected chi connectivity index (χ3v) is 5.08. The number of esters is 1. The highest BCUT2D eigenvalue weighted by Crippen LogP contribution is 2.27. The van der Waals surface area contributed by atoms with Gasteiger partial charge in [0, 0.05) is 5.56 Å². The summed E-state index contributed by atoms with van der Waals surface area (Å²) in [5, 5.41) is 11.0. The van der Waals surface area contributed by atoms with Crippen LogP contribution in [0.3, 0.4) is 0 Å². The van der Waals surface area contributed by atoms with Crippen molar-refractivity contribution in [3.8, 4) is 11.5 Å². The highest BCUT2D eigenvalue weighted by molar-refractivity contribution is 7.99. The minimum atomic E-state index is -0.660. The first kappa shape index (κ1) is 22.9. The molecule has 0 unspecified atom stereocenters. The van der Waals surface area contributed by atoms with E-state index in [1.54, 1.807) is 0 Å². The maximum atomic E-state index is 12.2. The Bertz CT molecular complexity index is 825. The second-order valence-corrected chi connectivity index (χ2v) is 9.19. The molecular weight excluding hydrogens is 390 g/mol. The third-order valence-electron chi connectivity index (χ3n) is 4.26. The Balaban J connectivity index is 1.94. The molecule has 158 valence electrons. The van der Waals surface area contributed by atoms with Crippen molar-refractivity contribution >= 4 is 23.6 Å². The van der Waals surface area contributed by atoms with Crippen LogP contribution in [0.15, 0.2) is 33.9 Å². The number of nitrogens with zero attached hydrogens (tertiary/aromatic N) is 2. The van der Waals surface area contributed by atoms with Crippen LogP contribution in [-0.2, 0) is 19.7 Å². The second-order valence-electron chi connectivity index (χ2n) is 8.26. The van der Waals surface area contributed by atoms with Gasteiger partial charge < -0.3 is 14.5 Å². The van der Waals surface area contributed by atoms with Gasteiger partial charge in [0.05, 0.1) is 12.9 Å². The van der Waals surface area contributed by atoms with Gasteiger partial charge in [0.25, 0.3) is 5.22 Å². The van der Waals surface area contributed by atoms with Crippen LogP contribution in [-0.4, -0.2) is 41.0 Å². The molecular formula is C21H29N3O4S. The van der Waals surface area contributed by atoms with Gasteiger partial charge >= 0.3 is 5.97 Å². The molecule has 2 rings (SSSR count). The molecule has 1 atom stereocenters. The number of amides is 1. The molecule has 0 fully saturated rings. The predicted octanol–water partition coefficient (Wildman–Crippen LogP) is 3.83. The molecule has 0 aliphatic carbocycles. The maximum Gasteiger partial charge on any atom is 0.328 e. The fourth-order valence-corrected chi connectivity index (χ4v) is 3.26. The van der Waals surface area contributed by atoms with Crippen molar-refractivity contribution < 1.29 is 18.7 Å². The molecule has 1 heterocycles. The molecule has 0 saturated heterocycles. The maximum absolute atomic E-state index is 12.2. The number of ether oxygens (including phenoxy) is 1. The van der Waals surface area contributed by atoms with Crippen molar-refractivity contribution in [2.45, 2.75) is 57.7 Å². The number of benzene rings is 1. The average Bonchev–Trinajstić information content (AvgIpc) is 3.13. The van der Waals surface area contributed by atoms with Gasteiger partial charge in [-0.1, -0.05) is 58.5 Å². The summed E-state index contributed by atoms with van der Waals surface area (Å²) in [4.78, 5) is 24.0. The van der Waals surface area contributed by atoms with Crippen molar-refractivity contribution in [2.24, 2.45) is 5.92 Å². The first-order valence-corrected chi connectivity index (χ1v) is 10.5. The zero-order valence-corrected chi connectivity index (χ0v) is 18.6. The summed E-state index contributed by atoms with van der Waals surface area (Å²) in [7, 11) is 1.31. The molecule has 1 N–H and O–H groups in total. The van der Waals surface area contributed by atoms with Crippen LogP contribution in [0.4, 0.5) is 0 Å². The van der Waals surface area contributed by atoms with Crippen LogP contribution in [0.1, 0.15) is 46.6 Å². The fourth-order valence-electron chi connectivity index (χ4n) is 2.69. The number of hydrogen-bond donors (Lipinski definition) is 1. The number of hydrogen-bond acceptors (Lipinski definition) is 7. The van der Waals surface area contributed by atoms with E-state index in [0.29, 0.717) is 17.5 Å². The summed E-state index contributed by atoms with van der Waals surface area (Å²) in [5.74, 6) is -0.0251. The molecule has 8 heteroatoms. The monoisotopic (exact) mass is 419 g/mol. The Morgan fingerprint density at radius 3 is 2.38 bits per heavy atom. The highest BCUT2D eigenvalue weighted by atomic mass is 32.2. The lowest BCUT2D eigenvalue weighted by Crippen LogP contribution is -2.43. The molecule has 1 aromatic heterocycles. The summed E-state index contributed by atoms with van der Waals surface area (Å²) in [6.07, 6.45) is 0.512. The summed E-state index contributed by atoms with van der Waals surface area (Å²) in [5.41, 5.74) is 2.11. The smallest absolute Gasteiger partial charge is 0.328 e. The molecule has 2 aromatic rings. The van der Waals surface area contributed by atoms with E-state index in [9.17, 15) is 9.59 Å². The van der Waals surface area contributed by atoms with E-state index in [4.69, 9.17) is 9.15 Å². The molecule has 0 radical (unpaired) electrons. The normalized spacial score (nSPS) is 12.7. The molecule has 0 aliphatic heterocycles. The van der Waals surface area contributed by atoms with Crippen molar-refractivity contribution in [3.63, 3.8) is 0 Å². The lowest BCUT2D eigenvalue weighted by Gasteiger charge is -2.18. The van der Waals surface area contributed by atoms with Crippen LogP contribution in [0.5, 0.6) is 0 Å². The van der Waals surface area contributed by atoms with Gasteiger partial charge in [-0.3, -0.25) is 4.79 Å². The Morgan fingerprint density at radius 1 is 1.17 bits per heavy atom. The standard InChI is InChI=1S/C21H29N3O4S/c1-13(2)11-16(19(26)27-6)22-17(25)12-29-20-24-23-18(28-20)14-7-9-15(10-8-14)21(3,4)5/h7-10,13,16H,11-12H2,1-6H3,(H,22,25)/t16-/m0/s1. The van der Waals surface area contributed by atoms with Gasteiger partial charge in [0.2, 0.25) is 11.8 Å². The largest absolute Gasteiger partial charge is 0.467 e. The first-order chi connectivity index (χ1) is 13.6. The minimum absolute atomic E-state index is 0.0657. The second kappa shape index (κ2) is 9.91. The van der Waals surface area contributed by atoms with E-state index in [1.165, 1.54) is 12.7 Å². The van der Waals surface area contributed by atoms with E-state index in [-0.39, 0.29) is 23.0 Å². The fraction of sp³-hybridized carbons (Fsp3) is 0.524. The van der Waals surface area contributed by atoms with Crippen molar-refractivity contribution in [1.82, 2.24) is 15.5 Å². The SMILES string of the molecule is COC(=O)[C@H](CC(C)C)NC(=O)CSc1nnc(-c2ccc(C(C)(C)C)cc2)o1. The molecule has 0 bridgehead atoms. The molecule has 7 nitrogen and oxygen atoms in total. The number of carbonyl (C=O) groups excluding carboxylic acids is 2. The van der Waals surface area contributed by atoms with E-state index in [2.05, 4.69) is 36.3 Å². The quantitative estimate of drug-likeness (QED) is 0.513. The van der Waals surface area contributed by atoms with E-state index in [1.807, 2.05) is 38.1 Å². The van der Waals surface area contributed by atoms with Crippen LogP contribution < -0.4 is 5.32 Å². The Hall–Kier alpha value is -2.35. The number of carbonyl (C=O) groups is 2. The minimum Gasteiger partial charge on any atom is -0.467 e. The number of nitrogens with one attached hydrogen (secondary N) is 1. The van der Waals surface area contributed by atoms with E-state index in [0.717, 1.165) is 17.3 Å². The zero-order chi connectivity index (χ0) is 21.6. The summed E-state index contributed by atoms with van der Waals surface area (Å²) >= 11 is 1.13. The predicted molar refractivity (Wildman–Crippen MR) is 113 cm³/mol. The van der Waals surface area contributed by atoms with Gasteiger partial charge in [-0.2, -0.15) is 0 Å². The van der Waals surface area contributed by atoms with Crippen molar-refractivity contribution in [2.75, 3.05) is 12.9 Å². The van der Waals surface area contributed by atoms with E-state index >= 15 is 0 Å². The van der Waals surface area contributed by atoms with Gasteiger partial charge in [-0.05, 0) is 35.4 Å². The molecule has 29 heavy (non-hydrogen) atoms. The van der Waals surface area contributed by atoms with Crippen molar-refractivity contribution in [1.29, 1.82) is 0 Å².